The highest BCUT2D eigenvalue weighted by atomic mass is 16.6. The van der Waals surface area contributed by atoms with Gasteiger partial charge in [0.05, 0.1) is 23.9 Å². The average molecular weight is 475 g/mol. The van der Waals surface area contributed by atoms with Crippen molar-refractivity contribution in [2.24, 2.45) is 50.7 Å². The summed E-state index contributed by atoms with van der Waals surface area (Å²) in [4.78, 5) is 0. The van der Waals surface area contributed by atoms with Gasteiger partial charge >= 0.3 is 0 Å². The van der Waals surface area contributed by atoms with Crippen LogP contribution in [0.25, 0.3) is 0 Å². The Morgan fingerprint density at radius 3 is 2.12 bits per heavy atom. The number of aliphatic hydroxyl groups excluding tert-OH is 3. The molecule has 194 valence electrons. The molecule has 0 amide bonds. The quantitative estimate of drug-likeness (QED) is 0.482. The second kappa shape index (κ2) is 6.83. The molecule has 34 heavy (non-hydrogen) atoms. The predicted octanol–water partition coefficient (Wildman–Crippen LogP) is 5.32. The summed E-state index contributed by atoms with van der Waals surface area (Å²) in [5.41, 5.74) is 0.370. The number of aliphatic hydroxyl groups is 3. The van der Waals surface area contributed by atoms with E-state index in [2.05, 4.69) is 48.5 Å². The number of rotatable bonds is 4. The maximum atomic E-state index is 11.5. The van der Waals surface area contributed by atoms with Crippen LogP contribution in [0.1, 0.15) is 106 Å². The lowest BCUT2D eigenvalue weighted by Crippen LogP contribution is -2.65. The van der Waals surface area contributed by atoms with Gasteiger partial charge in [-0.3, -0.25) is 0 Å². The normalized spacial score (nSPS) is 59.3. The van der Waals surface area contributed by atoms with Crippen LogP contribution in [0.3, 0.4) is 0 Å². The number of fused-ring (bicyclic) bond motifs is 2. The highest BCUT2D eigenvalue weighted by Gasteiger charge is 2.85. The van der Waals surface area contributed by atoms with Crippen molar-refractivity contribution in [3.8, 4) is 0 Å². The fraction of sp³-hybridized carbons (Fsp3) is 1.00. The van der Waals surface area contributed by atoms with Crippen LogP contribution in [0.2, 0.25) is 0 Å². The first-order valence-corrected chi connectivity index (χ1v) is 14.4. The second-order valence-corrected chi connectivity index (χ2v) is 15.5. The molecule has 1 aliphatic heterocycles. The summed E-state index contributed by atoms with van der Waals surface area (Å²) in [5, 5.41) is 33.3. The van der Waals surface area contributed by atoms with Crippen LogP contribution >= 0.6 is 0 Å². The molecular formula is C30H50O4. The molecule has 0 aromatic rings. The highest BCUT2D eigenvalue weighted by molar-refractivity contribution is 5.33. The molecular weight excluding hydrogens is 424 g/mol. The average Bonchev–Trinajstić information content (AvgIpc) is 3.60. The largest absolute Gasteiger partial charge is 0.390 e. The van der Waals surface area contributed by atoms with Crippen molar-refractivity contribution in [2.45, 2.75) is 136 Å². The van der Waals surface area contributed by atoms with E-state index >= 15 is 0 Å². The van der Waals surface area contributed by atoms with Crippen LogP contribution in [0.5, 0.6) is 0 Å². The standard InChI is InChI=1S/C30H50O4/c1-17(8-11-21-26(4,5)34-21)18-12-13-28(7)20-10-9-19-25(2,3)23(32)22(31)24(33)30(19)16-29(20,30)15-14-27(18,28)6/h17-24,31-33H,8-16H2,1-7H3/t17-,18-,19+,20+,21+,22+,23+,24+,27-,28+,29+,30-/m1/s1. The predicted molar refractivity (Wildman–Crippen MR) is 133 cm³/mol. The summed E-state index contributed by atoms with van der Waals surface area (Å²) in [6.07, 6.45) is 8.72. The van der Waals surface area contributed by atoms with Crippen LogP contribution < -0.4 is 0 Å². The Morgan fingerprint density at radius 1 is 0.824 bits per heavy atom. The van der Waals surface area contributed by atoms with Gasteiger partial charge in [0.2, 0.25) is 0 Å². The molecule has 0 radical (unpaired) electrons. The Balaban J connectivity index is 1.27. The zero-order valence-corrected chi connectivity index (χ0v) is 22.7. The van der Waals surface area contributed by atoms with Gasteiger partial charge in [0, 0.05) is 5.41 Å². The summed E-state index contributed by atoms with van der Waals surface area (Å²) < 4.78 is 5.89. The van der Waals surface area contributed by atoms with E-state index in [1.54, 1.807) is 0 Å². The summed E-state index contributed by atoms with van der Waals surface area (Å²) >= 11 is 0. The zero-order chi connectivity index (χ0) is 24.7. The number of hydrogen-bond donors (Lipinski definition) is 3. The summed E-state index contributed by atoms with van der Waals surface area (Å²) in [5.74, 6) is 2.42. The Kier molecular flexibility index (Phi) is 4.86. The molecule has 6 rings (SSSR count). The minimum atomic E-state index is -1.02. The third-order valence-corrected chi connectivity index (χ3v) is 14.0. The molecule has 3 N–H and O–H groups in total. The minimum absolute atomic E-state index is 0.0940. The van der Waals surface area contributed by atoms with E-state index in [4.69, 9.17) is 4.74 Å². The van der Waals surface area contributed by atoms with Gasteiger partial charge in [-0.2, -0.15) is 0 Å². The van der Waals surface area contributed by atoms with E-state index in [0.717, 1.165) is 24.7 Å². The maximum Gasteiger partial charge on any atom is 0.107 e. The van der Waals surface area contributed by atoms with E-state index in [1.165, 1.54) is 44.9 Å². The summed E-state index contributed by atoms with van der Waals surface area (Å²) in [7, 11) is 0. The third-order valence-electron chi connectivity index (χ3n) is 14.0. The van der Waals surface area contributed by atoms with Crippen molar-refractivity contribution in [3.63, 3.8) is 0 Å². The van der Waals surface area contributed by atoms with E-state index in [0.29, 0.717) is 28.8 Å². The summed E-state index contributed by atoms with van der Waals surface area (Å²) in [6.45, 7) is 16.4. The SMILES string of the molecule is C[C@H](CC[C@@H]1OC1(C)C)[C@H]1CC[C@@]2(C)[C@@H]3CC[C@H]4C(C)(C)[C@@H](O)[C@H](O)[C@H](O)[C@@]45C[C@@]35CC[C@]12C. The Labute approximate surface area is 207 Å². The van der Waals surface area contributed by atoms with Crippen molar-refractivity contribution in [3.05, 3.63) is 0 Å². The molecule has 1 saturated heterocycles. The second-order valence-electron chi connectivity index (χ2n) is 15.5. The van der Waals surface area contributed by atoms with Crippen molar-refractivity contribution in [2.75, 3.05) is 0 Å². The maximum absolute atomic E-state index is 11.5. The van der Waals surface area contributed by atoms with Gasteiger partial charge in [-0.15, -0.1) is 0 Å². The number of epoxide rings is 1. The molecule has 5 saturated carbocycles. The van der Waals surface area contributed by atoms with Crippen molar-refractivity contribution < 1.29 is 20.1 Å². The molecule has 2 spiro atoms. The summed E-state index contributed by atoms with van der Waals surface area (Å²) in [6, 6.07) is 0. The van der Waals surface area contributed by atoms with E-state index in [9.17, 15) is 15.3 Å². The lowest BCUT2D eigenvalue weighted by Gasteiger charge is -2.64. The molecule has 0 bridgehead atoms. The molecule has 6 aliphatic rings. The van der Waals surface area contributed by atoms with Gasteiger partial charge < -0.3 is 20.1 Å². The highest BCUT2D eigenvalue weighted by Crippen LogP contribution is 2.89. The fourth-order valence-corrected chi connectivity index (χ4v) is 11.7. The molecule has 12 atom stereocenters. The topological polar surface area (TPSA) is 73.2 Å². The number of hydrogen-bond acceptors (Lipinski definition) is 4. The van der Waals surface area contributed by atoms with E-state index < -0.39 is 18.3 Å². The van der Waals surface area contributed by atoms with Crippen LogP contribution in [0, 0.1) is 50.7 Å². The third kappa shape index (κ3) is 2.60. The molecule has 0 aromatic carbocycles. The molecule has 4 nitrogen and oxygen atoms in total. The van der Waals surface area contributed by atoms with Crippen LogP contribution in [0.4, 0.5) is 0 Å². The first-order valence-electron chi connectivity index (χ1n) is 14.4. The Bertz CT molecular complexity index is 868. The van der Waals surface area contributed by atoms with E-state index in [1.807, 2.05) is 0 Å². The smallest absolute Gasteiger partial charge is 0.107 e. The van der Waals surface area contributed by atoms with Crippen molar-refractivity contribution in [1.82, 2.24) is 0 Å². The van der Waals surface area contributed by atoms with Gasteiger partial charge in [-0.25, -0.2) is 0 Å². The fourth-order valence-electron chi connectivity index (χ4n) is 11.7. The van der Waals surface area contributed by atoms with Gasteiger partial charge in [-0.1, -0.05) is 34.6 Å². The molecule has 5 aliphatic carbocycles. The molecule has 4 heteroatoms. The first kappa shape index (κ1) is 24.2. The zero-order valence-electron chi connectivity index (χ0n) is 22.7. The number of ether oxygens (including phenoxy) is 1. The molecule has 0 unspecified atom stereocenters. The molecule has 6 fully saturated rings. The van der Waals surface area contributed by atoms with Crippen molar-refractivity contribution in [1.29, 1.82) is 0 Å². The van der Waals surface area contributed by atoms with Crippen LogP contribution in [-0.4, -0.2) is 45.3 Å². The van der Waals surface area contributed by atoms with Gasteiger partial charge in [0.1, 0.15) is 6.10 Å². The lowest BCUT2D eigenvalue weighted by molar-refractivity contribution is -0.236. The minimum Gasteiger partial charge on any atom is -0.390 e. The van der Waals surface area contributed by atoms with Gasteiger partial charge in [0.25, 0.3) is 0 Å². The Hall–Kier alpha value is -0.160. The van der Waals surface area contributed by atoms with E-state index in [-0.39, 0.29) is 21.8 Å². The van der Waals surface area contributed by atoms with Gasteiger partial charge in [0.15, 0.2) is 0 Å². The molecule has 0 aromatic heterocycles. The lowest BCUT2D eigenvalue weighted by atomic mass is 9.41. The van der Waals surface area contributed by atoms with Crippen molar-refractivity contribution >= 4 is 0 Å². The van der Waals surface area contributed by atoms with Crippen LogP contribution in [-0.2, 0) is 4.74 Å². The Morgan fingerprint density at radius 2 is 1.47 bits per heavy atom. The molecule has 1 heterocycles. The van der Waals surface area contributed by atoms with Crippen LogP contribution in [0.15, 0.2) is 0 Å². The van der Waals surface area contributed by atoms with Gasteiger partial charge in [-0.05, 0) is 117 Å². The monoisotopic (exact) mass is 474 g/mol. The first-order chi connectivity index (χ1) is 15.7.